The van der Waals surface area contributed by atoms with Gasteiger partial charge >= 0.3 is 13.0 Å². The van der Waals surface area contributed by atoms with Crippen LogP contribution in [-0.4, -0.2) is 120 Å². The fourth-order valence-corrected chi connectivity index (χ4v) is 16.2. The Hall–Kier alpha value is -5.05. The van der Waals surface area contributed by atoms with Gasteiger partial charge in [-0.3, -0.25) is 9.24 Å². The molecule has 4 heterocycles. The highest BCUT2D eigenvalue weighted by molar-refractivity contribution is 7.99. The molecule has 0 radical (unpaired) electrons. The van der Waals surface area contributed by atoms with Gasteiger partial charge in [0.1, 0.15) is 10.7 Å². The van der Waals surface area contributed by atoms with Gasteiger partial charge in [0.15, 0.2) is 9.84 Å². The predicted octanol–water partition coefficient (Wildman–Crippen LogP) is 11.3. The molecule has 5 aromatic carbocycles. The van der Waals surface area contributed by atoms with Gasteiger partial charge in [-0.2, -0.15) is 13.2 Å². The van der Waals surface area contributed by atoms with E-state index in [1.54, 1.807) is 31.2 Å². The van der Waals surface area contributed by atoms with Crippen LogP contribution < -0.4 is 25.1 Å². The highest BCUT2D eigenvalue weighted by atomic mass is 35.5. The van der Waals surface area contributed by atoms with E-state index in [1.165, 1.54) is 40.7 Å². The van der Waals surface area contributed by atoms with Gasteiger partial charge in [-0.05, 0) is 136 Å². The Bertz CT molecular complexity index is 3360. The number of nitrogens with one attached hydrogen (secondary N) is 1. The minimum Gasteiger partial charge on any atom is -0.393 e. The Morgan fingerprint density at radius 1 is 0.805 bits per heavy atom. The van der Waals surface area contributed by atoms with E-state index in [0.717, 1.165) is 28.5 Å². The van der Waals surface area contributed by atoms with Crippen molar-refractivity contribution in [3.63, 3.8) is 0 Å². The number of hydrogen-bond acceptors (Lipinski definition) is 12. The fraction of sp³-hybridized carbons (Fsp3) is 0.382. The lowest BCUT2D eigenvalue weighted by Crippen LogP contribution is -2.46. The monoisotopic (exact) mass is 1160 g/mol. The quantitative estimate of drug-likeness (QED) is 0.0508. The van der Waals surface area contributed by atoms with Gasteiger partial charge in [0.25, 0.3) is 9.84 Å². The van der Waals surface area contributed by atoms with Crippen LogP contribution in [-0.2, 0) is 28.8 Å². The lowest BCUT2D eigenvalue weighted by molar-refractivity contribution is -0.0435. The average molecular weight is 1160 g/mol. The van der Waals surface area contributed by atoms with Crippen LogP contribution in [0, 0.1) is 12.7 Å². The number of nitrogens with zero attached hydrogens (tertiary/aromatic N) is 5. The largest absolute Gasteiger partial charge is 0.501 e. The molecule has 0 unspecified atom stereocenters. The molecule has 22 heteroatoms. The summed E-state index contributed by atoms with van der Waals surface area (Å²) in [4.78, 5) is 6.37. The Balaban J connectivity index is 0.938. The molecule has 0 aliphatic carbocycles. The van der Waals surface area contributed by atoms with Crippen molar-refractivity contribution in [3.05, 3.63) is 132 Å². The Morgan fingerprint density at radius 3 is 2.06 bits per heavy atom. The van der Waals surface area contributed by atoms with Crippen molar-refractivity contribution in [2.75, 3.05) is 90.8 Å². The van der Waals surface area contributed by atoms with Gasteiger partial charge in [-0.1, -0.05) is 41.9 Å². The minimum absolute atomic E-state index is 0.0301. The Labute approximate surface area is 457 Å². The number of benzene rings is 5. The highest BCUT2D eigenvalue weighted by Crippen LogP contribution is 2.56. The average Bonchev–Trinajstić information content (AvgIpc) is 4.15. The maximum atomic E-state index is 15.8. The van der Waals surface area contributed by atoms with E-state index < -0.39 is 49.5 Å². The first kappa shape index (κ1) is 56.7. The second-order valence-electron chi connectivity index (χ2n) is 20.0. The van der Waals surface area contributed by atoms with Crippen LogP contribution in [0.3, 0.4) is 0 Å². The van der Waals surface area contributed by atoms with Crippen LogP contribution >= 0.6 is 30.9 Å². The van der Waals surface area contributed by atoms with E-state index in [2.05, 4.69) is 15.1 Å². The Kier molecular flexibility index (Phi) is 16.9. The number of rotatable bonds is 17. The van der Waals surface area contributed by atoms with E-state index in [9.17, 15) is 39.7 Å². The molecule has 2 N–H and O–H groups in total. The van der Waals surface area contributed by atoms with Crippen molar-refractivity contribution in [1.82, 2.24) is 9.47 Å². The molecule has 0 saturated carbocycles. The first-order valence-corrected chi connectivity index (χ1v) is 31.8. The van der Waals surface area contributed by atoms with E-state index in [0.29, 0.717) is 110 Å². The first-order valence-electron chi connectivity index (χ1n) is 25.5. The number of thioether (sulfide) groups is 1. The zero-order chi connectivity index (χ0) is 55.0. The third-order valence-corrected chi connectivity index (χ3v) is 21.1. The summed E-state index contributed by atoms with van der Waals surface area (Å²) < 4.78 is 138. The van der Waals surface area contributed by atoms with Crippen LogP contribution in [0.5, 0.6) is 0 Å². The minimum atomic E-state index is -5.96. The molecule has 3 aliphatic rings. The van der Waals surface area contributed by atoms with E-state index in [1.807, 2.05) is 84.0 Å². The molecule has 3 aliphatic heterocycles. The van der Waals surface area contributed by atoms with Gasteiger partial charge in [0.2, 0.25) is 0 Å². The third-order valence-electron chi connectivity index (χ3n) is 14.4. The number of aliphatic hydroxyl groups is 1. The number of piperazine rings is 1. The van der Waals surface area contributed by atoms with Gasteiger partial charge in [-0.15, -0.1) is 11.8 Å². The lowest BCUT2D eigenvalue weighted by Gasteiger charge is -2.37. The summed E-state index contributed by atoms with van der Waals surface area (Å²) in [7, 11) is -13.9. The molecule has 3 saturated heterocycles. The van der Waals surface area contributed by atoms with Crippen molar-refractivity contribution in [3.8, 4) is 22.4 Å². The van der Waals surface area contributed by atoms with Crippen molar-refractivity contribution < 1.29 is 48.6 Å². The number of alkyl halides is 3. The van der Waals surface area contributed by atoms with Crippen LogP contribution in [0.2, 0.25) is 5.02 Å². The van der Waals surface area contributed by atoms with Crippen LogP contribution in [0.15, 0.2) is 130 Å². The van der Waals surface area contributed by atoms with Crippen molar-refractivity contribution in [1.29, 1.82) is 0 Å². The first-order chi connectivity index (χ1) is 36.5. The maximum absolute atomic E-state index is 15.8. The molecule has 3 fully saturated rings. The lowest BCUT2D eigenvalue weighted by atomic mass is 9.99. The summed E-state index contributed by atoms with van der Waals surface area (Å²) in [6.07, 6.45) is 2.47. The number of halogens is 5. The van der Waals surface area contributed by atoms with Crippen LogP contribution in [0.1, 0.15) is 44.8 Å². The zero-order valence-electron chi connectivity index (χ0n) is 43.1. The number of anilines is 4. The zero-order valence-corrected chi connectivity index (χ0v) is 47.2. The normalized spacial score (nSPS) is 18.6. The Morgan fingerprint density at radius 2 is 1.44 bits per heavy atom. The summed E-state index contributed by atoms with van der Waals surface area (Å²) in [5.41, 5.74) is -1.31. The smallest absolute Gasteiger partial charge is 0.393 e. The van der Waals surface area contributed by atoms with E-state index in [-0.39, 0.29) is 41.2 Å². The van der Waals surface area contributed by atoms with Gasteiger partial charge in [-0.25, -0.2) is 21.2 Å². The summed E-state index contributed by atoms with van der Waals surface area (Å²) in [5, 5.41) is 13.5. The highest BCUT2D eigenvalue weighted by Gasteiger charge is 2.49. The second kappa shape index (κ2) is 23.0. The van der Waals surface area contributed by atoms with Crippen LogP contribution in [0.25, 0.3) is 22.4 Å². The van der Waals surface area contributed by atoms with E-state index in [4.69, 9.17) is 16.1 Å². The SMILES string of the molecule is Cc1c(S(C)(=O)=O)c(-c2cc(F)cc(N3CCN(c4ccc(N5CCO[P@]5(=O)c5ccc(N[C@H](CCN6CCC(O)CC6)CSc6ccccc6)c(S(=O)(=O)C(F)(F)F)c5)cc4)CC3)c2)c(-c2ccc(Cl)cc2)n1C(C)C. The second-order valence-corrected chi connectivity index (χ2v) is 27.7. The summed E-state index contributed by atoms with van der Waals surface area (Å²) in [5.74, 6) is -0.121. The number of hydrogen-bond donors (Lipinski definition) is 2. The molecule has 412 valence electrons. The number of likely N-dealkylation sites (tertiary alicyclic amines) is 1. The predicted molar refractivity (Wildman–Crippen MR) is 300 cm³/mol. The fourth-order valence-electron chi connectivity index (χ4n) is 10.6. The van der Waals surface area contributed by atoms with Gasteiger partial charge in [0, 0.05) is 108 Å². The molecule has 2 atom stereocenters. The number of aromatic nitrogens is 1. The standard InChI is InChI=1S/C55H62ClF4N6O7PS3/c1-37(2)66-38(3)54(76(4,69)70)52(53(66)39-10-12-41(56)13-11-39)40-32-42(57)34-46(33-40)64-28-26-63(27-29-64)44-14-16-45(17-15-44)65-30-31-73-74(65,68)48-18-19-50(51(35-48)77(71,72)55(58,59)60)61-43(36-75-49-8-6-5-7-9-49)20-23-62-24-21-47(67)22-25-62/h5-19,32-35,37,43,47,61,67H,20-31,36H2,1-4H3/t43-,74-/m1/s1. The third kappa shape index (κ3) is 12.2. The van der Waals surface area contributed by atoms with Crippen molar-refractivity contribution in [2.24, 2.45) is 0 Å². The summed E-state index contributed by atoms with van der Waals surface area (Å²) >= 11 is 7.75. The number of sulfone groups is 2. The summed E-state index contributed by atoms with van der Waals surface area (Å²) in [6, 6.07) is 31.2. The summed E-state index contributed by atoms with van der Waals surface area (Å²) in [6.45, 7) is 9.70. The van der Waals surface area contributed by atoms with Gasteiger partial charge in [0.05, 0.1) is 40.8 Å². The molecular weight excluding hydrogens is 1100 g/mol. The number of piperidine rings is 1. The van der Waals surface area contributed by atoms with Crippen LogP contribution in [0.4, 0.5) is 40.3 Å². The van der Waals surface area contributed by atoms with Crippen molar-refractivity contribution in [2.45, 2.75) is 78.4 Å². The molecule has 0 spiro atoms. The molecular formula is C55H62ClF4N6O7PS3. The van der Waals surface area contributed by atoms with Crippen molar-refractivity contribution >= 4 is 78.6 Å². The maximum Gasteiger partial charge on any atom is 0.501 e. The molecule has 6 aromatic rings. The molecule has 77 heavy (non-hydrogen) atoms. The van der Waals surface area contributed by atoms with E-state index >= 15 is 4.39 Å². The molecule has 1 aromatic heterocycles. The molecule has 0 bridgehead atoms. The van der Waals surface area contributed by atoms with Gasteiger partial charge < -0.3 is 34.2 Å². The molecule has 9 rings (SSSR count). The molecule has 0 amide bonds. The number of aliphatic hydroxyl groups excluding tert-OH is 1. The topological polar surface area (TPSA) is 145 Å². The molecule has 13 nitrogen and oxygen atoms in total.